The number of carbonyl (C=O) groups is 1. The SMILES string of the molecule is O=C(CCN1CCCCC1)OC(c1ccccc1)c1ccccc1. The second kappa shape index (κ2) is 8.65. The van der Waals surface area contributed by atoms with E-state index in [1.807, 2.05) is 60.7 Å². The molecule has 0 atom stereocenters. The number of esters is 1. The number of piperidine rings is 1. The van der Waals surface area contributed by atoms with Gasteiger partial charge < -0.3 is 9.64 Å². The third kappa shape index (κ3) is 4.68. The third-order valence-electron chi connectivity index (χ3n) is 4.53. The van der Waals surface area contributed by atoms with Crippen LogP contribution >= 0.6 is 0 Å². The van der Waals surface area contributed by atoms with Crippen LogP contribution in [0.3, 0.4) is 0 Å². The second-order valence-corrected chi connectivity index (χ2v) is 6.34. The van der Waals surface area contributed by atoms with Gasteiger partial charge in [-0.15, -0.1) is 0 Å². The monoisotopic (exact) mass is 323 g/mol. The number of likely N-dealkylation sites (tertiary alicyclic amines) is 1. The summed E-state index contributed by atoms with van der Waals surface area (Å²) in [7, 11) is 0. The van der Waals surface area contributed by atoms with Crippen LogP contribution in [0.5, 0.6) is 0 Å². The first-order chi connectivity index (χ1) is 11.8. The number of nitrogens with zero attached hydrogens (tertiary/aromatic N) is 1. The first-order valence-corrected chi connectivity index (χ1v) is 8.84. The molecule has 2 aromatic rings. The van der Waals surface area contributed by atoms with E-state index in [1.165, 1.54) is 19.3 Å². The van der Waals surface area contributed by atoms with Gasteiger partial charge in [-0.3, -0.25) is 4.79 Å². The van der Waals surface area contributed by atoms with Crippen molar-refractivity contribution in [3.63, 3.8) is 0 Å². The van der Waals surface area contributed by atoms with Gasteiger partial charge in [0.15, 0.2) is 6.10 Å². The zero-order valence-corrected chi connectivity index (χ0v) is 14.1. The van der Waals surface area contributed by atoms with Crippen molar-refractivity contribution < 1.29 is 9.53 Å². The minimum Gasteiger partial charge on any atom is -0.452 e. The van der Waals surface area contributed by atoms with Crippen LogP contribution in [0.25, 0.3) is 0 Å². The second-order valence-electron chi connectivity index (χ2n) is 6.34. The van der Waals surface area contributed by atoms with E-state index in [2.05, 4.69) is 4.90 Å². The van der Waals surface area contributed by atoms with E-state index in [-0.39, 0.29) is 12.1 Å². The van der Waals surface area contributed by atoms with Crippen LogP contribution < -0.4 is 0 Å². The predicted molar refractivity (Wildman–Crippen MR) is 95.7 cm³/mol. The Bertz CT molecular complexity index is 581. The molecule has 3 rings (SSSR count). The quantitative estimate of drug-likeness (QED) is 0.746. The van der Waals surface area contributed by atoms with E-state index in [1.54, 1.807) is 0 Å². The fourth-order valence-electron chi connectivity index (χ4n) is 3.21. The fraction of sp³-hybridized carbons (Fsp3) is 0.381. The van der Waals surface area contributed by atoms with E-state index in [0.29, 0.717) is 6.42 Å². The van der Waals surface area contributed by atoms with Crippen molar-refractivity contribution >= 4 is 5.97 Å². The lowest BCUT2D eigenvalue weighted by atomic mass is 10.0. The summed E-state index contributed by atoms with van der Waals surface area (Å²) in [6.07, 6.45) is 3.92. The lowest BCUT2D eigenvalue weighted by Gasteiger charge is -2.26. The molecular weight excluding hydrogens is 298 g/mol. The fourth-order valence-corrected chi connectivity index (χ4v) is 3.21. The van der Waals surface area contributed by atoms with Gasteiger partial charge in [-0.1, -0.05) is 67.1 Å². The lowest BCUT2D eigenvalue weighted by Crippen LogP contribution is -2.32. The highest BCUT2D eigenvalue weighted by Gasteiger charge is 2.19. The van der Waals surface area contributed by atoms with Crippen molar-refractivity contribution in [3.05, 3.63) is 71.8 Å². The maximum atomic E-state index is 12.4. The number of benzene rings is 2. The lowest BCUT2D eigenvalue weighted by molar-refractivity contribution is -0.148. The van der Waals surface area contributed by atoms with Gasteiger partial charge in [0.1, 0.15) is 0 Å². The van der Waals surface area contributed by atoms with Crippen LogP contribution in [-0.2, 0) is 9.53 Å². The molecule has 24 heavy (non-hydrogen) atoms. The van der Waals surface area contributed by atoms with Crippen LogP contribution in [0.15, 0.2) is 60.7 Å². The molecule has 126 valence electrons. The Morgan fingerprint density at radius 2 is 1.42 bits per heavy atom. The van der Waals surface area contributed by atoms with Gasteiger partial charge >= 0.3 is 5.97 Å². The molecule has 1 heterocycles. The van der Waals surface area contributed by atoms with E-state index in [0.717, 1.165) is 30.8 Å². The first-order valence-electron chi connectivity index (χ1n) is 8.84. The van der Waals surface area contributed by atoms with Gasteiger partial charge in [0, 0.05) is 6.54 Å². The van der Waals surface area contributed by atoms with Crippen LogP contribution in [0, 0.1) is 0 Å². The maximum absolute atomic E-state index is 12.4. The van der Waals surface area contributed by atoms with Crippen LogP contribution in [-0.4, -0.2) is 30.5 Å². The predicted octanol–water partition coefficient (Wildman–Crippen LogP) is 4.20. The molecule has 0 amide bonds. The van der Waals surface area contributed by atoms with E-state index < -0.39 is 0 Å². The zero-order chi connectivity index (χ0) is 16.6. The van der Waals surface area contributed by atoms with Crippen molar-refractivity contribution in [2.75, 3.05) is 19.6 Å². The van der Waals surface area contributed by atoms with E-state index in [4.69, 9.17) is 4.74 Å². The summed E-state index contributed by atoms with van der Waals surface area (Å²) in [6.45, 7) is 3.01. The number of carbonyl (C=O) groups excluding carboxylic acids is 1. The Morgan fingerprint density at radius 3 is 1.96 bits per heavy atom. The average Bonchev–Trinajstić information content (AvgIpc) is 2.67. The Kier molecular flexibility index (Phi) is 6.02. The van der Waals surface area contributed by atoms with Crippen LogP contribution in [0.1, 0.15) is 42.9 Å². The summed E-state index contributed by atoms with van der Waals surface area (Å²) in [6, 6.07) is 19.9. The molecule has 0 N–H and O–H groups in total. The van der Waals surface area contributed by atoms with Crippen molar-refractivity contribution in [1.82, 2.24) is 4.90 Å². The summed E-state index contributed by atoms with van der Waals surface area (Å²) in [5, 5.41) is 0. The molecule has 0 saturated carbocycles. The van der Waals surface area contributed by atoms with Crippen molar-refractivity contribution in [3.8, 4) is 0 Å². The smallest absolute Gasteiger partial charge is 0.308 e. The highest BCUT2D eigenvalue weighted by atomic mass is 16.5. The van der Waals surface area contributed by atoms with Gasteiger partial charge in [0.25, 0.3) is 0 Å². The number of rotatable bonds is 6. The van der Waals surface area contributed by atoms with Gasteiger partial charge in [0.05, 0.1) is 6.42 Å². The number of hydrogen-bond acceptors (Lipinski definition) is 3. The largest absolute Gasteiger partial charge is 0.452 e. The Morgan fingerprint density at radius 1 is 0.875 bits per heavy atom. The molecule has 0 aromatic heterocycles. The average molecular weight is 323 g/mol. The zero-order valence-electron chi connectivity index (χ0n) is 14.1. The summed E-state index contributed by atoms with van der Waals surface area (Å²) in [5.41, 5.74) is 2.02. The molecule has 1 saturated heterocycles. The van der Waals surface area contributed by atoms with Crippen LogP contribution in [0.4, 0.5) is 0 Å². The minimum atomic E-state index is -0.332. The first kappa shape index (κ1) is 16.7. The molecule has 1 aliphatic heterocycles. The molecule has 1 fully saturated rings. The van der Waals surface area contributed by atoms with Gasteiger partial charge in [-0.05, 0) is 37.1 Å². The molecule has 3 heteroatoms. The minimum absolute atomic E-state index is 0.127. The molecule has 3 nitrogen and oxygen atoms in total. The van der Waals surface area contributed by atoms with Crippen LogP contribution in [0.2, 0.25) is 0 Å². The molecule has 0 bridgehead atoms. The van der Waals surface area contributed by atoms with Gasteiger partial charge in [-0.2, -0.15) is 0 Å². The third-order valence-corrected chi connectivity index (χ3v) is 4.53. The highest BCUT2D eigenvalue weighted by molar-refractivity contribution is 5.70. The van der Waals surface area contributed by atoms with Crippen molar-refractivity contribution in [2.45, 2.75) is 31.8 Å². The van der Waals surface area contributed by atoms with E-state index >= 15 is 0 Å². The summed E-state index contributed by atoms with van der Waals surface area (Å²) < 4.78 is 5.85. The highest BCUT2D eigenvalue weighted by Crippen LogP contribution is 2.26. The number of ether oxygens (including phenoxy) is 1. The summed E-state index contributed by atoms with van der Waals surface area (Å²) in [5.74, 6) is -0.127. The molecule has 0 spiro atoms. The Labute approximate surface area is 144 Å². The summed E-state index contributed by atoms with van der Waals surface area (Å²) in [4.78, 5) is 14.8. The van der Waals surface area contributed by atoms with E-state index in [9.17, 15) is 4.79 Å². The maximum Gasteiger partial charge on any atom is 0.308 e. The van der Waals surface area contributed by atoms with Crippen molar-refractivity contribution in [2.24, 2.45) is 0 Å². The van der Waals surface area contributed by atoms with Crippen molar-refractivity contribution in [1.29, 1.82) is 0 Å². The Hall–Kier alpha value is -2.13. The van der Waals surface area contributed by atoms with Gasteiger partial charge in [0.2, 0.25) is 0 Å². The molecule has 1 aliphatic rings. The molecular formula is C21H25NO2. The van der Waals surface area contributed by atoms with Gasteiger partial charge in [-0.25, -0.2) is 0 Å². The molecule has 0 unspecified atom stereocenters. The molecule has 2 aromatic carbocycles. The number of hydrogen-bond donors (Lipinski definition) is 0. The Balaban J connectivity index is 1.64. The normalized spacial score (nSPS) is 15.4. The molecule has 0 aliphatic carbocycles. The topological polar surface area (TPSA) is 29.5 Å². The molecule has 0 radical (unpaired) electrons. The summed E-state index contributed by atoms with van der Waals surface area (Å²) >= 11 is 0. The standard InChI is InChI=1S/C21H25NO2/c23-20(14-17-22-15-8-3-9-16-22)24-21(18-10-4-1-5-11-18)19-12-6-2-7-13-19/h1-2,4-7,10-13,21H,3,8-9,14-17H2.